The number of hydrogen-bond acceptors (Lipinski definition) is 8. The number of nitrogens with zero attached hydrogens (tertiary/aromatic N) is 5. The Bertz CT molecular complexity index is 2060. The summed E-state index contributed by atoms with van der Waals surface area (Å²) in [5.74, 6) is 0.722. The number of aromatic nitrogens is 3. The molecule has 0 bridgehead atoms. The molecular formula is C38H38N6O6. The Morgan fingerprint density at radius 3 is 2.44 bits per heavy atom. The lowest BCUT2D eigenvalue weighted by atomic mass is 9.92. The molecule has 2 aromatic heterocycles. The van der Waals surface area contributed by atoms with Gasteiger partial charge in [-0.3, -0.25) is 24.1 Å². The molecule has 256 valence electrons. The summed E-state index contributed by atoms with van der Waals surface area (Å²) < 4.78 is 18.8. The lowest BCUT2D eigenvalue weighted by molar-refractivity contribution is 0.0193. The normalized spacial score (nSPS) is 17.1. The first-order valence-corrected chi connectivity index (χ1v) is 16.8. The minimum absolute atomic E-state index is 0.0466. The molecule has 1 atom stereocenters. The first kappa shape index (κ1) is 31.7. The fourth-order valence-electron chi connectivity index (χ4n) is 7.12. The van der Waals surface area contributed by atoms with Gasteiger partial charge in [-0.2, -0.15) is 5.10 Å². The van der Waals surface area contributed by atoms with Gasteiger partial charge in [-0.1, -0.05) is 24.3 Å². The third-order valence-corrected chi connectivity index (χ3v) is 9.73. The van der Waals surface area contributed by atoms with Crippen molar-refractivity contribution < 1.29 is 28.9 Å². The van der Waals surface area contributed by atoms with Crippen LogP contribution in [0.1, 0.15) is 37.5 Å². The Kier molecular flexibility index (Phi) is 8.25. The van der Waals surface area contributed by atoms with E-state index >= 15 is 0 Å². The first-order valence-electron chi connectivity index (χ1n) is 16.8. The van der Waals surface area contributed by atoms with Crippen LogP contribution in [0.5, 0.6) is 17.2 Å². The number of rotatable bonds is 7. The largest absolute Gasteiger partial charge is 0.508 e. The number of aromatic hydroxyl groups is 1. The Labute approximate surface area is 289 Å². The second kappa shape index (κ2) is 13.0. The molecule has 1 fully saturated rings. The van der Waals surface area contributed by atoms with E-state index in [0.717, 1.165) is 31.6 Å². The van der Waals surface area contributed by atoms with E-state index in [9.17, 15) is 14.7 Å². The number of amides is 2. The number of phenolic OH excluding ortho intramolecular Hbond substituents is 1. The maximum atomic E-state index is 14.9. The number of fused-ring (bicyclic) bond motifs is 2. The molecule has 0 radical (unpaired) electrons. The zero-order chi connectivity index (χ0) is 34.4. The van der Waals surface area contributed by atoms with Gasteiger partial charge >= 0.3 is 0 Å². The smallest absolute Gasteiger partial charge is 0.264 e. The third-order valence-electron chi connectivity index (χ3n) is 9.73. The number of nitrogens with one attached hydrogen (secondary N) is 1. The second-order valence-corrected chi connectivity index (χ2v) is 13.0. The molecule has 5 aromatic rings. The molecule has 50 heavy (non-hydrogen) atoms. The van der Waals surface area contributed by atoms with Crippen LogP contribution in [0.3, 0.4) is 0 Å². The first-order chi connectivity index (χ1) is 24.3. The van der Waals surface area contributed by atoms with Gasteiger partial charge in [0.2, 0.25) is 6.79 Å². The number of ether oxygens (including phenoxy) is 3. The zero-order valence-corrected chi connectivity index (χ0v) is 28.0. The van der Waals surface area contributed by atoms with Crippen molar-refractivity contribution in [2.24, 2.45) is 7.05 Å². The lowest BCUT2D eigenvalue weighted by Crippen LogP contribution is -2.52. The van der Waals surface area contributed by atoms with Gasteiger partial charge in [-0.25, -0.2) is 0 Å². The number of H-pyrrole nitrogens is 1. The predicted molar refractivity (Wildman–Crippen MR) is 186 cm³/mol. The van der Waals surface area contributed by atoms with Crippen molar-refractivity contribution in [1.82, 2.24) is 24.6 Å². The van der Waals surface area contributed by atoms with Gasteiger partial charge in [0.05, 0.1) is 36.2 Å². The van der Waals surface area contributed by atoms with Gasteiger partial charge in [-0.15, -0.1) is 0 Å². The minimum atomic E-state index is -0.296. The van der Waals surface area contributed by atoms with E-state index in [1.807, 2.05) is 24.0 Å². The highest BCUT2D eigenvalue weighted by Gasteiger charge is 2.35. The number of morpholine rings is 1. The Hall–Kier alpha value is -5.59. The van der Waals surface area contributed by atoms with Crippen molar-refractivity contribution in [1.29, 1.82) is 0 Å². The van der Waals surface area contributed by atoms with E-state index < -0.39 is 0 Å². The molecule has 12 nitrogen and oxygen atoms in total. The summed E-state index contributed by atoms with van der Waals surface area (Å²) in [5, 5.41) is 14.2. The Morgan fingerprint density at radius 1 is 0.960 bits per heavy atom. The van der Waals surface area contributed by atoms with Gasteiger partial charge in [-0.05, 0) is 66.9 Å². The van der Waals surface area contributed by atoms with Crippen LogP contribution in [-0.4, -0.2) is 87.2 Å². The number of carbonyl (C=O) groups is 2. The SMILES string of the molecule is Cc1[nH]c(-c2cc3c(cc2C(=O)N2Cc4ccccc4C[C@H]2CN2CCOCC2)OCO3)cc1C(=O)N(c1ccc(O)cc1)c1cnn(C)c1. The molecule has 0 saturated carbocycles. The van der Waals surface area contributed by atoms with Crippen LogP contribution in [0, 0.1) is 6.92 Å². The molecule has 3 aliphatic heterocycles. The van der Waals surface area contributed by atoms with Crippen LogP contribution in [0.4, 0.5) is 11.4 Å². The summed E-state index contributed by atoms with van der Waals surface area (Å²) in [6.45, 7) is 6.14. The molecule has 3 aromatic carbocycles. The highest BCUT2D eigenvalue weighted by atomic mass is 16.7. The summed E-state index contributed by atoms with van der Waals surface area (Å²) in [4.78, 5) is 38.5. The van der Waals surface area contributed by atoms with E-state index in [1.165, 1.54) is 17.7 Å². The fraction of sp³-hybridized carbons (Fsp3) is 0.289. The van der Waals surface area contributed by atoms with Gasteiger partial charge in [0.15, 0.2) is 11.5 Å². The number of anilines is 2. The number of hydrogen-bond donors (Lipinski definition) is 2. The molecule has 0 unspecified atom stereocenters. The van der Waals surface area contributed by atoms with Crippen LogP contribution in [0.2, 0.25) is 0 Å². The molecule has 2 amide bonds. The van der Waals surface area contributed by atoms with Crippen molar-refractivity contribution in [3.63, 3.8) is 0 Å². The highest BCUT2D eigenvalue weighted by molar-refractivity contribution is 6.12. The molecule has 0 aliphatic carbocycles. The monoisotopic (exact) mass is 674 g/mol. The minimum Gasteiger partial charge on any atom is -0.508 e. The number of carbonyl (C=O) groups excluding carboxylic acids is 2. The molecule has 0 spiro atoms. The van der Waals surface area contributed by atoms with E-state index in [1.54, 1.807) is 53.3 Å². The van der Waals surface area contributed by atoms with Crippen LogP contribution >= 0.6 is 0 Å². The van der Waals surface area contributed by atoms with Gasteiger partial charge < -0.3 is 29.2 Å². The molecule has 5 heterocycles. The van der Waals surface area contributed by atoms with Crippen LogP contribution in [-0.2, 0) is 24.8 Å². The molecule has 1 saturated heterocycles. The molecule has 3 aliphatic rings. The van der Waals surface area contributed by atoms with Crippen molar-refractivity contribution in [3.05, 3.63) is 107 Å². The van der Waals surface area contributed by atoms with Crippen molar-refractivity contribution in [2.75, 3.05) is 44.5 Å². The number of aromatic amines is 1. The van der Waals surface area contributed by atoms with Crippen LogP contribution in [0.25, 0.3) is 11.3 Å². The summed E-state index contributed by atoms with van der Waals surface area (Å²) >= 11 is 0. The van der Waals surface area contributed by atoms with Crippen molar-refractivity contribution in [3.8, 4) is 28.5 Å². The molecule has 12 heteroatoms. The summed E-state index contributed by atoms with van der Waals surface area (Å²) in [6, 6.07) is 20.1. The molecular weight excluding hydrogens is 636 g/mol. The van der Waals surface area contributed by atoms with Crippen LogP contribution < -0.4 is 14.4 Å². The number of benzene rings is 3. The molecule has 8 rings (SSSR count). The van der Waals surface area contributed by atoms with Gasteiger partial charge in [0.1, 0.15) is 5.75 Å². The van der Waals surface area contributed by atoms with Gasteiger partial charge in [0.25, 0.3) is 11.8 Å². The lowest BCUT2D eigenvalue weighted by Gasteiger charge is -2.40. The second-order valence-electron chi connectivity index (χ2n) is 13.0. The fourth-order valence-corrected chi connectivity index (χ4v) is 7.12. The zero-order valence-electron chi connectivity index (χ0n) is 28.0. The summed E-state index contributed by atoms with van der Waals surface area (Å²) in [7, 11) is 1.78. The van der Waals surface area contributed by atoms with Crippen LogP contribution in [0.15, 0.2) is 79.1 Å². The predicted octanol–water partition coefficient (Wildman–Crippen LogP) is 5.04. The average molecular weight is 675 g/mol. The van der Waals surface area contributed by atoms with E-state index in [-0.39, 0.29) is 30.4 Å². The summed E-state index contributed by atoms with van der Waals surface area (Å²) in [6.07, 6.45) is 4.12. The maximum Gasteiger partial charge on any atom is 0.264 e. The number of aryl methyl sites for hydroxylation is 2. The van der Waals surface area contributed by atoms with E-state index in [0.29, 0.717) is 70.7 Å². The standard InChI is InChI=1S/C38H38N6O6/c1-24-31(38(47)44(29-19-39-41(2)21-29)27-7-9-30(45)10-8-27)16-34(40-24)32-17-35-36(50-23-49-35)18-33(32)37(46)43-20-26-6-4-3-5-25(26)15-28(43)22-42-11-13-48-14-12-42/h3-10,16-19,21,28,40,45H,11-15,20,22-23H2,1-2H3/t28-/m0/s1. The topological polar surface area (TPSA) is 125 Å². The number of phenols is 1. The Morgan fingerprint density at radius 2 is 1.70 bits per heavy atom. The van der Waals surface area contributed by atoms with E-state index in [2.05, 4.69) is 33.2 Å². The summed E-state index contributed by atoms with van der Waals surface area (Å²) in [5.41, 5.74) is 6.26. The average Bonchev–Trinajstić information content (AvgIpc) is 3.88. The van der Waals surface area contributed by atoms with Crippen molar-refractivity contribution in [2.45, 2.75) is 25.9 Å². The van der Waals surface area contributed by atoms with E-state index in [4.69, 9.17) is 14.2 Å². The van der Waals surface area contributed by atoms with Gasteiger partial charge in [0, 0.05) is 68.1 Å². The third kappa shape index (κ3) is 5.97. The van der Waals surface area contributed by atoms with Crippen molar-refractivity contribution >= 4 is 23.2 Å². The highest BCUT2D eigenvalue weighted by Crippen LogP contribution is 2.41. The Balaban J connectivity index is 1.18. The maximum absolute atomic E-state index is 14.9. The quantitative estimate of drug-likeness (QED) is 0.246. The molecule has 2 N–H and O–H groups in total.